The Labute approximate surface area is 95.8 Å². The van der Waals surface area contributed by atoms with Gasteiger partial charge in [0.1, 0.15) is 0 Å². The highest BCUT2D eigenvalue weighted by Crippen LogP contribution is 2.50. The van der Waals surface area contributed by atoms with E-state index in [-0.39, 0.29) is 0 Å². The van der Waals surface area contributed by atoms with E-state index in [4.69, 9.17) is 5.73 Å². The van der Waals surface area contributed by atoms with Crippen molar-refractivity contribution in [1.29, 1.82) is 0 Å². The first-order valence-corrected chi connectivity index (χ1v) is 6.57. The summed E-state index contributed by atoms with van der Waals surface area (Å²) in [6.07, 6.45) is 6.39. The van der Waals surface area contributed by atoms with Crippen LogP contribution in [0.4, 0.5) is 0 Å². The highest BCUT2D eigenvalue weighted by Gasteiger charge is 2.42. The van der Waals surface area contributed by atoms with Crippen LogP contribution in [0, 0.1) is 16.7 Å². The van der Waals surface area contributed by atoms with Crippen LogP contribution >= 0.6 is 0 Å². The Kier molecular flexibility index (Phi) is 3.86. The minimum atomic E-state index is 0.444. The van der Waals surface area contributed by atoms with Gasteiger partial charge in [-0.15, -0.1) is 0 Å². The Balaban J connectivity index is 2.69. The molecule has 0 aromatic heterocycles. The summed E-state index contributed by atoms with van der Waals surface area (Å²) in [5.41, 5.74) is 6.87. The van der Waals surface area contributed by atoms with Gasteiger partial charge in [0.15, 0.2) is 0 Å². The third kappa shape index (κ3) is 2.55. The molecule has 0 radical (unpaired) electrons. The van der Waals surface area contributed by atoms with Crippen molar-refractivity contribution in [3.63, 3.8) is 0 Å². The maximum absolute atomic E-state index is 5.98. The van der Waals surface area contributed by atoms with Gasteiger partial charge in [-0.05, 0) is 42.4 Å². The summed E-state index contributed by atoms with van der Waals surface area (Å²) in [7, 11) is 0. The first kappa shape index (κ1) is 13.0. The molecule has 0 spiro atoms. The molecule has 0 aromatic rings. The van der Waals surface area contributed by atoms with Crippen molar-refractivity contribution < 1.29 is 0 Å². The Hall–Kier alpha value is -0.0400. The smallest absolute Gasteiger partial charge is 0.00390 e. The summed E-state index contributed by atoms with van der Waals surface area (Å²) >= 11 is 0. The van der Waals surface area contributed by atoms with Crippen LogP contribution in [0.25, 0.3) is 0 Å². The Bertz CT molecular complexity index is 197. The Morgan fingerprint density at radius 1 is 1.00 bits per heavy atom. The van der Waals surface area contributed by atoms with Crippen molar-refractivity contribution >= 4 is 0 Å². The maximum Gasteiger partial charge on any atom is 0.00390 e. The van der Waals surface area contributed by atoms with Crippen molar-refractivity contribution in [3.05, 3.63) is 0 Å². The fourth-order valence-electron chi connectivity index (χ4n) is 2.85. The van der Waals surface area contributed by atoms with Crippen molar-refractivity contribution in [3.8, 4) is 0 Å². The van der Waals surface area contributed by atoms with Crippen LogP contribution in [-0.4, -0.2) is 6.04 Å². The standard InChI is InChI=1S/C14H29N/c1-6-13(2,3)14(4,5)11-7-9-12(15)10-8-11/h11-12H,6-10,15H2,1-5H3. The van der Waals surface area contributed by atoms with E-state index in [0.29, 0.717) is 16.9 Å². The zero-order valence-electron chi connectivity index (χ0n) is 11.3. The van der Waals surface area contributed by atoms with Crippen molar-refractivity contribution in [2.24, 2.45) is 22.5 Å². The molecule has 0 heterocycles. The molecule has 1 aliphatic rings. The molecule has 1 rings (SSSR count). The largest absolute Gasteiger partial charge is 0.328 e. The molecule has 1 saturated carbocycles. The minimum Gasteiger partial charge on any atom is -0.328 e. The van der Waals surface area contributed by atoms with Crippen LogP contribution in [0.3, 0.4) is 0 Å². The summed E-state index contributed by atoms with van der Waals surface area (Å²) in [4.78, 5) is 0. The molecular weight excluding hydrogens is 182 g/mol. The lowest BCUT2D eigenvalue weighted by molar-refractivity contribution is 0.0137. The lowest BCUT2D eigenvalue weighted by Crippen LogP contribution is -2.42. The van der Waals surface area contributed by atoms with Crippen LogP contribution in [0.15, 0.2) is 0 Å². The van der Waals surface area contributed by atoms with Crippen LogP contribution in [0.1, 0.15) is 66.7 Å². The number of hydrogen-bond acceptors (Lipinski definition) is 1. The van der Waals surface area contributed by atoms with Crippen molar-refractivity contribution in [2.75, 3.05) is 0 Å². The molecule has 15 heavy (non-hydrogen) atoms. The van der Waals surface area contributed by atoms with E-state index in [2.05, 4.69) is 34.6 Å². The summed E-state index contributed by atoms with van der Waals surface area (Å²) in [5.74, 6) is 0.868. The van der Waals surface area contributed by atoms with Gasteiger partial charge in [-0.1, -0.05) is 41.0 Å². The van der Waals surface area contributed by atoms with Crippen molar-refractivity contribution in [2.45, 2.75) is 72.8 Å². The number of hydrogen-bond donors (Lipinski definition) is 1. The summed E-state index contributed by atoms with van der Waals surface area (Å²) in [6.45, 7) is 12.1. The Morgan fingerprint density at radius 2 is 1.47 bits per heavy atom. The second-order valence-electron chi connectivity index (χ2n) is 6.57. The normalized spacial score (nSPS) is 29.2. The maximum atomic E-state index is 5.98. The first-order chi connectivity index (χ1) is 6.81. The van der Waals surface area contributed by atoms with Gasteiger partial charge in [-0.2, -0.15) is 0 Å². The molecule has 0 amide bonds. The highest BCUT2D eigenvalue weighted by molar-refractivity contribution is 4.92. The predicted octanol–water partition coefficient (Wildman–Crippen LogP) is 3.97. The molecule has 0 bridgehead atoms. The molecule has 0 aliphatic heterocycles. The second-order valence-corrected chi connectivity index (χ2v) is 6.57. The average molecular weight is 211 g/mol. The summed E-state index contributed by atoms with van der Waals surface area (Å²) < 4.78 is 0. The third-order valence-corrected chi connectivity index (χ3v) is 5.42. The van der Waals surface area contributed by atoms with E-state index in [1.54, 1.807) is 0 Å². The summed E-state index contributed by atoms with van der Waals surface area (Å²) in [6, 6.07) is 0.474. The predicted molar refractivity (Wildman–Crippen MR) is 67.8 cm³/mol. The van der Waals surface area contributed by atoms with Gasteiger partial charge < -0.3 is 5.73 Å². The quantitative estimate of drug-likeness (QED) is 0.751. The van der Waals surface area contributed by atoms with Crippen molar-refractivity contribution in [1.82, 2.24) is 0 Å². The van der Waals surface area contributed by atoms with Gasteiger partial charge in [0, 0.05) is 6.04 Å². The highest BCUT2D eigenvalue weighted by atomic mass is 14.6. The van der Waals surface area contributed by atoms with E-state index in [0.717, 1.165) is 5.92 Å². The summed E-state index contributed by atoms with van der Waals surface area (Å²) in [5, 5.41) is 0. The lowest BCUT2D eigenvalue weighted by atomic mass is 9.57. The monoisotopic (exact) mass is 211 g/mol. The van der Waals surface area contributed by atoms with E-state index in [1.165, 1.54) is 32.1 Å². The molecule has 2 N–H and O–H groups in total. The van der Waals surface area contributed by atoms with Gasteiger partial charge in [0.25, 0.3) is 0 Å². The van der Waals surface area contributed by atoms with Gasteiger partial charge >= 0.3 is 0 Å². The molecular formula is C14H29N. The first-order valence-electron chi connectivity index (χ1n) is 6.57. The topological polar surface area (TPSA) is 26.0 Å². The third-order valence-electron chi connectivity index (χ3n) is 5.42. The molecule has 1 heteroatoms. The van der Waals surface area contributed by atoms with Crippen LogP contribution in [0.5, 0.6) is 0 Å². The Morgan fingerprint density at radius 3 is 1.87 bits per heavy atom. The van der Waals surface area contributed by atoms with E-state index in [1.807, 2.05) is 0 Å². The number of rotatable bonds is 3. The molecule has 0 unspecified atom stereocenters. The van der Waals surface area contributed by atoms with E-state index >= 15 is 0 Å². The molecule has 90 valence electrons. The fourth-order valence-corrected chi connectivity index (χ4v) is 2.85. The average Bonchev–Trinajstić information content (AvgIpc) is 2.18. The van der Waals surface area contributed by atoms with E-state index in [9.17, 15) is 0 Å². The van der Waals surface area contributed by atoms with Gasteiger partial charge in [0.05, 0.1) is 0 Å². The molecule has 1 aliphatic carbocycles. The zero-order chi connectivity index (χ0) is 11.7. The molecule has 0 atom stereocenters. The van der Waals surface area contributed by atoms with Crippen LogP contribution in [-0.2, 0) is 0 Å². The SMILES string of the molecule is CCC(C)(C)C(C)(C)C1CCC(N)CC1. The molecule has 0 aromatic carbocycles. The lowest BCUT2D eigenvalue weighted by Gasteiger charge is -2.49. The molecule has 0 saturated heterocycles. The zero-order valence-corrected chi connectivity index (χ0v) is 11.3. The van der Waals surface area contributed by atoms with Crippen LogP contribution < -0.4 is 5.73 Å². The van der Waals surface area contributed by atoms with Gasteiger partial charge in [0.2, 0.25) is 0 Å². The minimum absolute atomic E-state index is 0.444. The fraction of sp³-hybridized carbons (Fsp3) is 1.00. The molecule has 1 nitrogen and oxygen atoms in total. The number of nitrogens with two attached hydrogens (primary N) is 1. The van der Waals surface area contributed by atoms with Gasteiger partial charge in [-0.3, -0.25) is 0 Å². The molecule has 1 fully saturated rings. The second kappa shape index (κ2) is 4.45. The van der Waals surface area contributed by atoms with E-state index < -0.39 is 0 Å². The van der Waals surface area contributed by atoms with Crippen LogP contribution in [0.2, 0.25) is 0 Å². The van der Waals surface area contributed by atoms with Gasteiger partial charge in [-0.25, -0.2) is 0 Å².